The highest BCUT2D eigenvalue weighted by atomic mass is 35.5. The lowest BCUT2D eigenvalue weighted by Gasteiger charge is -2.09. The van der Waals surface area contributed by atoms with Crippen molar-refractivity contribution in [2.45, 2.75) is 6.92 Å². The molecule has 2 aromatic carbocycles. The molecule has 2 rings (SSSR count). The van der Waals surface area contributed by atoms with Crippen LogP contribution in [0.2, 0.25) is 10.0 Å². The predicted octanol–water partition coefficient (Wildman–Crippen LogP) is 5.00. The van der Waals surface area contributed by atoms with Crippen molar-refractivity contribution in [3.8, 4) is 11.1 Å². The van der Waals surface area contributed by atoms with Crippen LogP contribution in [-0.2, 0) is 0 Å². The van der Waals surface area contributed by atoms with Crippen molar-refractivity contribution in [1.82, 2.24) is 0 Å². The number of halogens is 3. The summed E-state index contributed by atoms with van der Waals surface area (Å²) < 4.78 is 13.3. The smallest absolute Gasteiger partial charge is 0.160 e. The van der Waals surface area contributed by atoms with Gasteiger partial charge < -0.3 is 0 Å². The van der Waals surface area contributed by atoms with Gasteiger partial charge in [0.05, 0.1) is 0 Å². The monoisotopic (exact) mass is 282 g/mol. The summed E-state index contributed by atoms with van der Waals surface area (Å²) in [7, 11) is 0. The van der Waals surface area contributed by atoms with Gasteiger partial charge >= 0.3 is 0 Å². The first-order valence-corrected chi connectivity index (χ1v) is 6.00. The zero-order valence-corrected chi connectivity index (χ0v) is 11.0. The molecule has 18 heavy (non-hydrogen) atoms. The molecule has 0 spiro atoms. The average molecular weight is 283 g/mol. The van der Waals surface area contributed by atoms with Crippen LogP contribution in [0.4, 0.5) is 4.39 Å². The van der Waals surface area contributed by atoms with E-state index >= 15 is 0 Å². The number of hydrogen-bond acceptors (Lipinski definition) is 1. The van der Waals surface area contributed by atoms with Gasteiger partial charge in [-0.1, -0.05) is 29.3 Å². The normalized spacial score (nSPS) is 10.4. The molecule has 0 aliphatic heterocycles. The van der Waals surface area contributed by atoms with E-state index in [4.69, 9.17) is 23.2 Å². The first kappa shape index (κ1) is 13.1. The van der Waals surface area contributed by atoms with Gasteiger partial charge in [-0.05, 0) is 42.8 Å². The second-order valence-electron chi connectivity index (χ2n) is 3.87. The van der Waals surface area contributed by atoms with E-state index < -0.39 is 5.82 Å². The van der Waals surface area contributed by atoms with Crippen molar-refractivity contribution in [2.75, 3.05) is 0 Å². The van der Waals surface area contributed by atoms with Gasteiger partial charge in [-0.3, -0.25) is 4.79 Å². The fourth-order valence-electron chi connectivity index (χ4n) is 1.75. The third kappa shape index (κ3) is 2.55. The van der Waals surface area contributed by atoms with E-state index in [1.165, 1.54) is 25.1 Å². The molecule has 0 heterocycles. The van der Waals surface area contributed by atoms with Crippen LogP contribution in [-0.4, -0.2) is 5.78 Å². The third-order valence-corrected chi connectivity index (χ3v) is 3.13. The number of Topliss-reactive ketones (excluding diaryl/α,β-unsaturated/α-hetero) is 1. The van der Waals surface area contributed by atoms with Crippen LogP contribution in [0, 0.1) is 5.82 Å². The Kier molecular flexibility index (Phi) is 3.69. The standard InChI is InChI=1S/C14H9Cl2FO/c1-8(18)11-5-3-10(17)7-13(11)12-4-2-9(15)6-14(12)16/h2-7H,1H3. The summed E-state index contributed by atoms with van der Waals surface area (Å²) in [4.78, 5) is 11.5. The van der Waals surface area contributed by atoms with Gasteiger partial charge in [0.25, 0.3) is 0 Å². The summed E-state index contributed by atoms with van der Waals surface area (Å²) in [5.74, 6) is -0.558. The van der Waals surface area contributed by atoms with Gasteiger partial charge in [-0.15, -0.1) is 0 Å². The molecule has 0 aliphatic rings. The number of ketones is 1. The highest BCUT2D eigenvalue weighted by Crippen LogP contribution is 2.33. The number of benzene rings is 2. The van der Waals surface area contributed by atoms with E-state index in [2.05, 4.69) is 0 Å². The van der Waals surface area contributed by atoms with Crippen LogP contribution in [0.1, 0.15) is 17.3 Å². The van der Waals surface area contributed by atoms with Gasteiger partial charge in [0.1, 0.15) is 5.82 Å². The lowest BCUT2D eigenvalue weighted by atomic mass is 9.97. The number of carbonyl (C=O) groups excluding carboxylic acids is 1. The van der Waals surface area contributed by atoms with E-state index in [1.54, 1.807) is 18.2 Å². The van der Waals surface area contributed by atoms with Crippen molar-refractivity contribution in [2.24, 2.45) is 0 Å². The lowest BCUT2D eigenvalue weighted by molar-refractivity contribution is 0.101. The zero-order chi connectivity index (χ0) is 13.3. The third-order valence-electron chi connectivity index (χ3n) is 2.58. The second-order valence-corrected chi connectivity index (χ2v) is 4.71. The Balaban J connectivity index is 2.69. The molecule has 0 aliphatic carbocycles. The van der Waals surface area contributed by atoms with Gasteiger partial charge in [0.2, 0.25) is 0 Å². The molecule has 0 atom stereocenters. The van der Waals surface area contributed by atoms with Crippen molar-refractivity contribution in [3.63, 3.8) is 0 Å². The summed E-state index contributed by atoms with van der Waals surface area (Å²) in [6, 6.07) is 8.89. The average Bonchev–Trinajstić information content (AvgIpc) is 2.28. The van der Waals surface area contributed by atoms with Crippen molar-refractivity contribution < 1.29 is 9.18 Å². The molecule has 0 aromatic heterocycles. The molecular formula is C14H9Cl2FO. The molecule has 4 heteroatoms. The zero-order valence-electron chi connectivity index (χ0n) is 9.51. The Morgan fingerprint density at radius 2 is 1.78 bits per heavy atom. The molecule has 0 unspecified atom stereocenters. The molecule has 0 bridgehead atoms. The maximum absolute atomic E-state index is 13.3. The summed E-state index contributed by atoms with van der Waals surface area (Å²) >= 11 is 11.9. The molecule has 0 amide bonds. The SMILES string of the molecule is CC(=O)c1ccc(F)cc1-c1ccc(Cl)cc1Cl. The quantitative estimate of drug-likeness (QED) is 0.709. The molecule has 92 valence electrons. The van der Waals surface area contributed by atoms with E-state index in [0.29, 0.717) is 26.7 Å². The van der Waals surface area contributed by atoms with E-state index in [1.807, 2.05) is 0 Å². The molecule has 2 aromatic rings. The van der Waals surface area contributed by atoms with Gasteiger partial charge in [0.15, 0.2) is 5.78 Å². The summed E-state index contributed by atoms with van der Waals surface area (Å²) in [5.41, 5.74) is 1.50. The van der Waals surface area contributed by atoms with Gasteiger partial charge in [-0.2, -0.15) is 0 Å². The van der Waals surface area contributed by atoms with Crippen LogP contribution in [0.25, 0.3) is 11.1 Å². The predicted molar refractivity (Wildman–Crippen MR) is 71.9 cm³/mol. The van der Waals surface area contributed by atoms with Crippen molar-refractivity contribution in [3.05, 3.63) is 57.8 Å². The maximum Gasteiger partial charge on any atom is 0.160 e. The molecular weight excluding hydrogens is 274 g/mol. The van der Waals surface area contributed by atoms with Crippen LogP contribution < -0.4 is 0 Å². The Morgan fingerprint density at radius 3 is 2.39 bits per heavy atom. The van der Waals surface area contributed by atoms with Crippen LogP contribution >= 0.6 is 23.2 Å². The highest BCUT2D eigenvalue weighted by Gasteiger charge is 2.13. The number of hydrogen-bond donors (Lipinski definition) is 0. The van der Waals surface area contributed by atoms with Gasteiger partial charge in [-0.25, -0.2) is 4.39 Å². The Bertz CT molecular complexity index is 623. The van der Waals surface area contributed by atoms with E-state index in [-0.39, 0.29) is 5.78 Å². The maximum atomic E-state index is 13.3. The minimum Gasteiger partial charge on any atom is -0.294 e. The van der Waals surface area contributed by atoms with E-state index in [0.717, 1.165) is 0 Å². The Hall–Kier alpha value is -1.38. The fraction of sp³-hybridized carbons (Fsp3) is 0.0714. The number of rotatable bonds is 2. The minimum atomic E-state index is -0.416. The first-order valence-electron chi connectivity index (χ1n) is 5.25. The molecule has 0 saturated heterocycles. The molecule has 0 fully saturated rings. The topological polar surface area (TPSA) is 17.1 Å². The van der Waals surface area contributed by atoms with Gasteiger partial charge in [0, 0.05) is 21.2 Å². The molecule has 0 saturated carbocycles. The summed E-state index contributed by atoms with van der Waals surface area (Å²) in [5, 5.41) is 0.875. The van der Waals surface area contributed by atoms with Crippen LogP contribution in [0.3, 0.4) is 0 Å². The number of carbonyl (C=O) groups is 1. The molecule has 0 radical (unpaired) electrons. The van der Waals surface area contributed by atoms with Crippen LogP contribution in [0.15, 0.2) is 36.4 Å². The Morgan fingerprint density at radius 1 is 1.06 bits per heavy atom. The largest absolute Gasteiger partial charge is 0.294 e. The van der Waals surface area contributed by atoms with E-state index in [9.17, 15) is 9.18 Å². The van der Waals surface area contributed by atoms with Crippen LogP contribution in [0.5, 0.6) is 0 Å². The van der Waals surface area contributed by atoms with Crippen molar-refractivity contribution >= 4 is 29.0 Å². The second kappa shape index (κ2) is 5.09. The molecule has 0 N–H and O–H groups in total. The molecule has 1 nitrogen and oxygen atoms in total. The summed E-state index contributed by atoms with van der Waals surface area (Å²) in [6.45, 7) is 1.43. The van der Waals surface area contributed by atoms with Crippen molar-refractivity contribution in [1.29, 1.82) is 0 Å². The lowest BCUT2D eigenvalue weighted by Crippen LogP contribution is -1.97. The fourth-order valence-corrected chi connectivity index (χ4v) is 2.26. The first-order chi connectivity index (χ1) is 8.49. The minimum absolute atomic E-state index is 0.143. The Labute approximate surface area is 114 Å². The highest BCUT2D eigenvalue weighted by molar-refractivity contribution is 6.36. The summed E-state index contributed by atoms with van der Waals surface area (Å²) in [6.07, 6.45) is 0.